The molecule has 1 saturated heterocycles. The lowest BCUT2D eigenvalue weighted by molar-refractivity contribution is -0.132. The van der Waals surface area contributed by atoms with E-state index in [1.54, 1.807) is 49.1 Å². The number of nitrogens with one attached hydrogen (secondary N) is 1. The first-order valence-electron chi connectivity index (χ1n) is 9.71. The first kappa shape index (κ1) is 21.7. The quantitative estimate of drug-likeness (QED) is 0.772. The number of aromatic nitrogens is 1. The van der Waals surface area contributed by atoms with E-state index in [1.807, 2.05) is 6.07 Å². The zero-order valence-electron chi connectivity index (χ0n) is 17.0. The van der Waals surface area contributed by atoms with Gasteiger partial charge in [0.15, 0.2) is 0 Å². The largest absolute Gasteiger partial charge is 0.340 e. The first-order valence-corrected chi connectivity index (χ1v) is 11.1. The third kappa shape index (κ3) is 4.30. The molecule has 0 bridgehead atoms. The normalized spacial score (nSPS) is 15.0. The van der Waals surface area contributed by atoms with E-state index >= 15 is 0 Å². The maximum atomic E-state index is 12.7. The highest BCUT2D eigenvalue weighted by Crippen LogP contribution is 2.19. The second-order valence-corrected chi connectivity index (χ2v) is 9.21. The molecule has 2 aromatic rings. The molecule has 1 aliphatic heterocycles. The van der Waals surface area contributed by atoms with Gasteiger partial charge in [0.2, 0.25) is 15.9 Å². The lowest BCUT2D eigenvalue weighted by Gasteiger charge is -2.34. The molecule has 3 rings (SSSR count). The van der Waals surface area contributed by atoms with Crippen LogP contribution in [0.25, 0.3) is 0 Å². The molecule has 0 atom stereocenters. The van der Waals surface area contributed by atoms with E-state index in [0.29, 0.717) is 30.8 Å². The fourth-order valence-corrected chi connectivity index (χ4v) is 5.17. The number of sulfonamides is 1. The van der Waals surface area contributed by atoms with Crippen molar-refractivity contribution < 1.29 is 13.2 Å². The standard InChI is InChI=1S/C21H24N4O4S/c1-15-18(16(2)23-21(27)19(15)14-22)8-9-20(26)24-10-12-25(13-11-24)30(28,29)17-6-4-3-5-7-17/h3-7H,8-13H2,1-2H3,(H,23,27). The zero-order chi connectivity index (χ0) is 21.9. The molecular weight excluding hydrogens is 404 g/mol. The summed E-state index contributed by atoms with van der Waals surface area (Å²) in [6.45, 7) is 4.63. The van der Waals surface area contributed by atoms with Gasteiger partial charge < -0.3 is 9.88 Å². The van der Waals surface area contributed by atoms with Crippen LogP contribution < -0.4 is 5.56 Å². The predicted molar refractivity (Wildman–Crippen MR) is 111 cm³/mol. The van der Waals surface area contributed by atoms with Crippen molar-refractivity contribution in [3.8, 4) is 6.07 Å². The second kappa shape index (κ2) is 8.81. The van der Waals surface area contributed by atoms with Gasteiger partial charge in [-0.3, -0.25) is 9.59 Å². The fourth-order valence-electron chi connectivity index (χ4n) is 3.73. The summed E-state index contributed by atoms with van der Waals surface area (Å²) in [4.78, 5) is 29.1. The SMILES string of the molecule is Cc1[nH]c(=O)c(C#N)c(C)c1CCC(=O)N1CCN(S(=O)(=O)c2ccccc2)CC1. The van der Waals surface area contributed by atoms with Crippen molar-refractivity contribution in [1.82, 2.24) is 14.2 Å². The van der Waals surface area contributed by atoms with Crippen molar-refractivity contribution in [3.05, 3.63) is 63.1 Å². The van der Waals surface area contributed by atoms with Crippen LogP contribution in [0.4, 0.5) is 0 Å². The second-order valence-electron chi connectivity index (χ2n) is 7.27. The number of aromatic amines is 1. The van der Waals surface area contributed by atoms with Gasteiger partial charge in [-0.2, -0.15) is 9.57 Å². The Balaban J connectivity index is 1.62. The van der Waals surface area contributed by atoms with E-state index in [0.717, 1.165) is 5.56 Å². The maximum Gasteiger partial charge on any atom is 0.266 e. The van der Waals surface area contributed by atoms with Crippen molar-refractivity contribution in [2.45, 2.75) is 31.6 Å². The minimum Gasteiger partial charge on any atom is -0.340 e. The summed E-state index contributed by atoms with van der Waals surface area (Å²) in [5.74, 6) is -0.0738. The van der Waals surface area contributed by atoms with Crippen LogP contribution in [0.2, 0.25) is 0 Å². The summed E-state index contributed by atoms with van der Waals surface area (Å²) < 4.78 is 26.8. The maximum absolute atomic E-state index is 12.7. The lowest BCUT2D eigenvalue weighted by Crippen LogP contribution is -2.50. The average molecular weight is 429 g/mol. The summed E-state index contributed by atoms with van der Waals surface area (Å²) in [6.07, 6.45) is 0.633. The molecule has 9 heteroatoms. The number of nitriles is 1. The Labute approximate surface area is 175 Å². The molecule has 0 spiro atoms. The topological polar surface area (TPSA) is 114 Å². The molecule has 1 fully saturated rings. The Morgan fingerprint density at radius 1 is 1.13 bits per heavy atom. The number of hydrogen-bond acceptors (Lipinski definition) is 5. The van der Waals surface area contributed by atoms with Crippen LogP contribution >= 0.6 is 0 Å². The zero-order valence-corrected chi connectivity index (χ0v) is 17.8. The summed E-state index contributed by atoms with van der Waals surface area (Å²) >= 11 is 0. The number of carbonyl (C=O) groups excluding carboxylic acids is 1. The number of carbonyl (C=O) groups is 1. The van der Waals surface area contributed by atoms with Gasteiger partial charge in [-0.05, 0) is 43.5 Å². The number of amides is 1. The minimum atomic E-state index is -3.56. The van der Waals surface area contributed by atoms with E-state index in [-0.39, 0.29) is 35.9 Å². The number of nitrogens with zero attached hydrogens (tertiary/aromatic N) is 3. The van der Waals surface area contributed by atoms with E-state index in [4.69, 9.17) is 5.26 Å². The lowest BCUT2D eigenvalue weighted by atomic mass is 9.99. The monoisotopic (exact) mass is 428 g/mol. The van der Waals surface area contributed by atoms with E-state index in [9.17, 15) is 18.0 Å². The number of H-pyrrole nitrogens is 1. The summed E-state index contributed by atoms with van der Waals surface area (Å²) in [5.41, 5.74) is 1.71. The van der Waals surface area contributed by atoms with Crippen LogP contribution in [0.5, 0.6) is 0 Å². The molecule has 1 aromatic carbocycles. The van der Waals surface area contributed by atoms with Crippen molar-refractivity contribution in [1.29, 1.82) is 5.26 Å². The van der Waals surface area contributed by atoms with E-state index in [2.05, 4.69) is 4.98 Å². The van der Waals surface area contributed by atoms with Gasteiger partial charge in [-0.1, -0.05) is 18.2 Å². The van der Waals surface area contributed by atoms with Crippen molar-refractivity contribution in [3.63, 3.8) is 0 Å². The number of pyridine rings is 1. The summed E-state index contributed by atoms with van der Waals surface area (Å²) in [7, 11) is -3.56. The Hall–Kier alpha value is -2.96. The number of aryl methyl sites for hydroxylation is 1. The average Bonchev–Trinajstić information content (AvgIpc) is 2.74. The number of benzene rings is 1. The number of hydrogen-bond donors (Lipinski definition) is 1. The molecule has 1 amide bonds. The van der Waals surface area contributed by atoms with Crippen LogP contribution in [0, 0.1) is 25.2 Å². The Morgan fingerprint density at radius 3 is 2.37 bits per heavy atom. The van der Waals surface area contributed by atoms with Crippen molar-refractivity contribution in [2.24, 2.45) is 0 Å². The van der Waals surface area contributed by atoms with Crippen LogP contribution in [0.15, 0.2) is 40.0 Å². The van der Waals surface area contributed by atoms with Gasteiger partial charge in [0.1, 0.15) is 11.6 Å². The van der Waals surface area contributed by atoms with Gasteiger partial charge in [0, 0.05) is 38.3 Å². The van der Waals surface area contributed by atoms with Crippen LogP contribution in [0.1, 0.15) is 28.8 Å². The molecule has 158 valence electrons. The molecule has 0 radical (unpaired) electrons. The molecule has 0 unspecified atom stereocenters. The third-order valence-electron chi connectivity index (χ3n) is 5.48. The molecular formula is C21H24N4O4S. The molecule has 0 aliphatic carbocycles. The van der Waals surface area contributed by atoms with Crippen molar-refractivity contribution >= 4 is 15.9 Å². The minimum absolute atomic E-state index is 0.0720. The molecule has 1 aromatic heterocycles. The summed E-state index contributed by atoms with van der Waals surface area (Å²) in [6, 6.07) is 10.2. The molecule has 1 aliphatic rings. The highest BCUT2D eigenvalue weighted by atomic mass is 32.2. The molecule has 0 saturated carbocycles. The Kier molecular flexibility index (Phi) is 6.39. The highest BCUT2D eigenvalue weighted by Gasteiger charge is 2.30. The Morgan fingerprint density at radius 2 is 1.77 bits per heavy atom. The van der Waals surface area contributed by atoms with Crippen LogP contribution in [0.3, 0.4) is 0 Å². The van der Waals surface area contributed by atoms with Crippen LogP contribution in [-0.2, 0) is 21.2 Å². The third-order valence-corrected chi connectivity index (χ3v) is 7.39. The highest BCUT2D eigenvalue weighted by molar-refractivity contribution is 7.89. The fraction of sp³-hybridized carbons (Fsp3) is 0.381. The smallest absolute Gasteiger partial charge is 0.266 e. The van der Waals surface area contributed by atoms with Crippen LogP contribution in [-0.4, -0.2) is 54.7 Å². The van der Waals surface area contributed by atoms with Gasteiger partial charge in [-0.15, -0.1) is 0 Å². The molecule has 8 nitrogen and oxygen atoms in total. The molecule has 30 heavy (non-hydrogen) atoms. The van der Waals surface area contributed by atoms with Gasteiger partial charge in [0.05, 0.1) is 4.90 Å². The van der Waals surface area contributed by atoms with Crippen molar-refractivity contribution in [2.75, 3.05) is 26.2 Å². The number of piperazine rings is 1. The number of rotatable bonds is 5. The molecule has 1 N–H and O–H groups in total. The Bertz CT molecular complexity index is 1140. The first-order chi connectivity index (χ1) is 14.3. The predicted octanol–water partition coefficient (Wildman–Crippen LogP) is 1.33. The molecule has 2 heterocycles. The summed E-state index contributed by atoms with van der Waals surface area (Å²) in [5, 5.41) is 9.17. The van der Waals surface area contributed by atoms with Gasteiger partial charge in [-0.25, -0.2) is 8.42 Å². The van der Waals surface area contributed by atoms with Gasteiger partial charge >= 0.3 is 0 Å². The van der Waals surface area contributed by atoms with Gasteiger partial charge in [0.25, 0.3) is 5.56 Å². The van der Waals surface area contributed by atoms with E-state index < -0.39 is 15.6 Å². The van der Waals surface area contributed by atoms with E-state index in [1.165, 1.54) is 4.31 Å².